The highest BCUT2D eigenvalue weighted by Gasteiger charge is 2.44. The van der Waals surface area contributed by atoms with Gasteiger partial charge in [0.15, 0.2) is 5.82 Å². The van der Waals surface area contributed by atoms with Crippen molar-refractivity contribution in [3.8, 4) is 10.7 Å². The molecule has 144 valence electrons. The number of nitrogens with zero attached hydrogens (tertiary/aromatic N) is 3. The lowest BCUT2D eigenvalue weighted by molar-refractivity contribution is -0.126. The lowest BCUT2D eigenvalue weighted by Gasteiger charge is -2.42. The lowest BCUT2D eigenvalue weighted by Crippen LogP contribution is -2.60. The topological polar surface area (TPSA) is 91.0 Å². The number of fused-ring (bicyclic) bond motifs is 1. The van der Waals surface area contributed by atoms with Crippen LogP contribution in [0.15, 0.2) is 46.9 Å². The summed E-state index contributed by atoms with van der Waals surface area (Å²) in [5.74, 6) is 0.301. The van der Waals surface area contributed by atoms with E-state index in [1.807, 2.05) is 35.7 Å². The molecule has 0 aliphatic carbocycles. The lowest BCUT2D eigenvalue weighted by atomic mass is 9.96. The summed E-state index contributed by atoms with van der Waals surface area (Å²) in [6.45, 7) is 5.30. The monoisotopic (exact) mass is 413 g/mol. The van der Waals surface area contributed by atoms with Gasteiger partial charge in [0, 0.05) is 0 Å². The number of benzene rings is 1. The van der Waals surface area contributed by atoms with Crippen molar-refractivity contribution in [2.45, 2.75) is 36.7 Å². The molecule has 1 atom stereocenters. The maximum absolute atomic E-state index is 13.3. The second-order valence-corrected chi connectivity index (χ2v) is 9.16. The second-order valence-electron chi connectivity index (χ2n) is 6.91. The summed E-state index contributed by atoms with van der Waals surface area (Å²) in [5.41, 5.74) is 0.329. The number of rotatable bonds is 4. The van der Waals surface area contributed by atoms with Gasteiger partial charge in [-0.05, 0) is 44.4 Å². The van der Waals surface area contributed by atoms with Gasteiger partial charge < -0.3 is 5.32 Å². The molecule has 0 saturated carbocycles. The number of para-hydroxylation sites is 2. The highest BCUT2D eigenvalue weighted by molar-refractivity contribution is 8.00. The summed E-state index contributed by atoms with van der Waals surface area (Å²) in [4.78, 5) is 32.9. The average Bonchev–Trinajstić information content (AvgIpc) is 3.33. The van der Waals surface area contributed by atoms with Crippen LogP contribution in [0, 0.1) is 0 Å². The first-order chi connectivity index (χ1) is 13.4. The van der Waals surface area contributed by atoms with E-state index in [0.717, 1.165) is 4.88 Å². The first-order valence-electron chi connectivity index (χ1n) is 8.75. The predicted molar refractivity (Wildman–Crippen MR) is 112 cm³/mol. The van der Waals surface area contributed by atoms with Gasteiger partial charge in [-0.15, -0.1) is 16.4 Å². The molecule has 2 N–H and O–H groups in total. The van der Waals surface area contributed by atoms with Gasteiger partial charge in [-0.3, -0.25) is 19.6 Å². The Morgan fingerprint density at radius 3 is 2.79 bits per heavy atom. The third-order valence-electron chi connectivity index (χ3n) is 4.58. The number of hydrogen-bond donors (Lipinski definition) is 2. The fourth-order valence-electron chi connectivity index (χ4n) is 3.06. The number of carbonyl (C=O) groups is 2. The quantitative estimate of drug-likeness (QED) is 0.635. The standard InChI is InChI=1S/C19H19N5O2S2/c1-11(28-18-21-15(22-23-18)14-9-6-10-27-14)16(25)24-13-8-5-4-7-12(13)20-17(26)19(24,2)3/h4-11H,1-3H3,(H,20,26)(H,21,22,23)/t11-/m0/s1. The highest BCUT2D eigenvalue weighted by Crippen LogP contribution is 2.38. The minimum Gasteiger partial charge on any atom is -0.322 e. The Morgan fingerprint density at radius 1 is 1.25 bits per heavy atom. The zero-order valence-electron chi connectivity index (χ0n) is 15.6. The molecule has 0 spiro atoms. The largest absolute Gasteiger partial charge is 0.322 e. The van der Waals surface area contributed by atoms with E-state index >= 15 is 0 Å². The Morgan fingerprint density at radius 2 is 2.04 bits per heavy atom. The molecule has 0 saturated heterocycles. The number of thiophene rings is 1. The van der Waals surface area contributed by atoms with E-state index in [1.165, 1.54) is 11.8 Å². The normalized spacial score (nSPS) is 16.4. The summed E-state index contributed by atoms with van der Waals surface area (Å²) in [6, 6.07) is 11.2. The van der Waals surface area contributed by atoms with Gasteiger partial charge >= 0.3 is 0 Å². The summed E-state index contributed by atoms with van der Waals surface area (Å²) in [5, 5.41) is 12.0. The first kappa shape index (κ1) is 18.7. The Bertz CT molecular complexity index is 1030. The van der Waals surface area contributed by atoms with Crippen molar-refractivity contribution in [2.75, 3.05) is 10.2 Å². The number of aromatic amines is 1. The van der Waals surface area contributed by atoms with Crippen molar-refractivity contribution >= 4 is 46.3 Å². The maximum Gasteiger partial charge on any atom is 0.250 e. The van der Waals surface area contributed by atoms with Crippen LogP contribution in [0.25, 0.3) is 10.7 Å². The minimum atomic E-state index is -0.999. The average molecular weight is 414 g/mol. The van der Waals surface area contributed by atoms with Crippen LogP contribution in [0.1, 0.15) is 20.8 Å². The fraction of sp³-hybridized carbons (Fsp3) is 0.263. The van der Waals surface area contributed by atoms with Crippen molar-refractivity contribution < 1.29 is 9.59 Å². The van der Waals surface area contributed by atoms with Gasteiger partial charge in [0.1, 0.15) is 5.54 Å². The molecule has 1 aromatic carbocycles. The molecule has 9 heteroatoms. The van der Waals surface area contributed by atoms with Crippen LogP contribution in [0.4, 0.5) is 11.4 Å². The molecule has 1 aliphatic heterocycles. The Labute approximate surface area is 170 Å². The van der Waals surface area contributed by atoms with Crippen LogP contribution in [0.5, 0.6) is 0 Å². The zero-order chi connectivity index (χ0) is 19.9. The molecule has 28 heavy (non-hydrogen) atoms. The summed E-state index contributed by atoms with van der Waals surface area (Å²) < 4.78 is 0. The van der Waals surface area contributed by atoms with E-state index in [2.05, 4.69) is 20.5 Å². The van der Waals surface area contributed by atoms with E-state index in [9.17, 15) is 9.59 Å². The van der Waals surface area contributed by atoms with E-state index in [-0.39, 0.29) is 11.8 Å². The summed E-state index contributed by atoms with van der Waals surface area (Å²) >= 11 is 2.84. The predicted octanol–water partition coefficient (Wildman–Crippen LogP) is 3.78. The van der Waals surface area contributed by atoms with Gasteiger partial charge in [0.25, 0.3) is 0 Å². The Balaban J connectivity index is 1.59. The first-order valence-corrected chi connectivity index (χ1v) is 10.5. The molecule has 1 aliphatic rings. The zero-order valence-corrected chi connectivity index (χ0v) is 17.2. The number of amides is 2. The van der Waals surface area contributed by atoms with Gasteiger partial charge in [-0.25, -0.2) is 4.98 Å². The molecule has 4 rings (SSSR count). The molecule has 3 heterocycles. The van der Waals surface area contributed by atoms with Crippen molar-refractivity contribution in [2.24, 2.45) is 0 Å². The minimum absolute atomic E-state index is 0.167. The smallest absolute Gasteiger partial charge is 0.250 e. The number of aromatic nitrogens is 3. The van der Waals surface area contributed by atoms with E-state index in [4.69, 9.17) is 0 Å². The molecule has 0 fully saturated rings. The molecule has 0 bridgehead atoms. The van der Waals surface area contributed by atoms with Crippen LogP contribution in [-0.2, 0) is 9.59 Å². The van der Waals surface area contributed by atoms with Crippen LogP contribution < -0.4 is 10.2 Å². The Hall–Kier alpha value is -2.65. The Kier molecular flexibility index (Phi) is 4.72. The summed E-state index contributed by atoms with van der Waals surface area (Å²) in [6.07, 6.45) is 0. The van der Waals surface area contributed by atoms with E-state index in [1.54, 1.807) is 43.1 Å². The molecule has 7 nitrogen and oxygen atoms in total. The van der Waals surface area contributed by atoms with Gasteiger partial charge in [-0.1, -0.05) is 30.0 Å². The number of thioether (sulfide) groups is 1. The SMILES string of the molecule is C[C@H](Sc1n[nH]c(-c2cccs2)n1)C(=O)N1c2ccccc2NC(=O)C1(C)C. The summed E-state index contributed by atoms with van der Waals surface area (Å²) in [7, 11) is 0. The molecular weight excluding hydrogens is 394 g/mol. The van der Waals surface area contributed by atoms with E-state index < -0.39 is 10.8 Å². The van der Waals surface area contributed by atoms with Crippen LogP contribution in [0.2, 0.25) is 0 Å². The molecule has 0 radical (unpaired) electrons. The number of anilines is 2. The van der Waals surface area contributed by atoms with Crippen LogP contribution >= 0.6 is 23.1 Å². The molecule has 3 aromatic rings. The van der Waals surface area contributed by atoms with Gasteiger partial charge in [-0.2, -0.15) is 0 Å². The second kappa shape index (κ2) is 7.06. The van der Waals surface area contributed by atoms with Crippen LogP contribution in [0.3, 0.4) is 0 Å². The number of hydrogen-bond acceptors (Lipinski definition) is 6. The maximum atomic E-state index is 13.3. The van der Waals surface area contributed by atoms with E-state index in [0.29, 0.717) is 22.4 Å². The van der Waals surface area contributed by atoms with Gasteiger partial charge in [0.2, 0.25) is 17.0 Å². The highest BCUT2D eigenvalue weighted by atomic mass is 32.2. The fourth-order valence-corrected chi connectivity index (χ4v) is 4.49. The molecule has 2 amide bonds. The third-order valence-corrected chi connectivity index (χ3v) is 6.40. The number of H-pyrrole nitrogens is 1. The molecule has 0 unspecified atom stereocenters. The van der Waals surface area contributed by atoms with Crippen molar-refractivity contribution in [3.63, 3.8) is 0 Å². The van der Waals surface area contributed by atoms with Crippen molar-refractivity contribution in [1.82, 2.24) is 15.2 Å². The van der Waals surface area contributed by atoms with Crippen molar-refractivity contribution in [3.05, 3.63) is 41.8 Å². The number of nitrogens with one attached hydrogen (secondary N) is 2. The molecule has 2 aromatic heterocycles. The van der Waals surface area contributed by atoms with Crippen LogP contribution in [-0.4, -0.2) is 37.8 Å². The van der Waals surface area contributed by atoms with Gasteiger partial charge in [0.05, 0.1) is 21.5 Å². The third kappa shape index (κ3) is 3.20. The number of carbonyl (C=O) groups excluding carboxylic acids is 2. The van der Waals surface area contributed by atoms with Crippen molar-refractivity contribution in [1.29, 1.82) is 0 Å². The molecular formula is C19H19N5O2S2.